The largest absolute Gasteiger partial charge is 0.390 e. The Bertz CT molecular complexity index is 85.1. The van der Waals surface area contributed by atoms with E-state index in [2.05, 4.69) is 0 Å². The maximum atomic E-state index is 9.17. The Kier molecular flexibility index (Phi) is 0.946. The van der Waals surface area contributed by atoms with Crippen LogP contribution >= 0.6 is 0 Å². The van der Waals surface area contributed by atoms with Gasteiger partial charge >= 0.3 is 0 Å². The fourth-order valence-corrected chi connectivity index (χ4v) is 1.69. The van der Waals surface area contributed by atoms with Crippen LogP contribution in [0.3, 0.4) is 0 Å². The van der Waals surface area contributed by atoms with Gasteiger partial charge in [-0.1, -0.05) is 0 Å². The van der Waals surface area contributed by atoms with E-state index in [-0.39, 0.29) is 5.54 Å². The van der Waals surface area contributed by atoms with Crippen molar-refractivity contribution in [3.63, 3.8) is 0 Å². The number of hydrogen-bond acceptors (Lipinski definition) is 2. The molecule has 3 N–H and O–H groups in total. The second-order valence-electron chi connectivity index (χ2n) is 3.50. The highest BCUT2D eigenvalue weighted by Gasteiger charge is 2.44. The molecule has 0 aromatic carbocycles. The number of rotatable bonds is 0. The van der Waals surface area contributed by atoms with Crippen molar-refractivity contribution in [1.82, 2.24) is 0 Å². The van der Waals surface area contributed by atoms with Crippen LogP contribution in [0.2, 0.25) is 0 Å². The summed E-state index contributed by atoms with van der Waals surface area (Å²) in [5.74, 6) is 0. The van der Waals surface area contributed by atoms with Crippen molar-refractivity contribution in [2.24, 2.45) is 5.73 Å². The summed E-state index contributed by atoms with van der Waals surface area (Å²) in [5.41, 5.74) is 5.07. The predicted molar refractivity (Wildman–Crippen MR) is 32.5 cm³/mol. The van der Waals surface area contributed by atoms with E-state index in [1.54, 1.807) is 0 Å². The van der Waals surface area contributed by atoms with Gasteiger partial charge in [-0.05, 0) is 26.7 Å². The van der Waals surface area contributed by atoms with Crippen molar-refractivity contribution in [1.29, 1.82) is 0 Å². The standard InChI is InChI=1S/C6H13NO/c1-5(7)3-6(2,8)4-5/h8H,3-4,7H2,1-2H3. The highest BCUT2D eigenvalue weighted by molar-refractivity contribution is 5.02. The molecule has 1 aliphatic rings. The molecule has 0 saturated heterocycles. The van der Waals surface area contributed by atoms with E-state index in [4.69, 9.17) is 10.8 Å². The Hall–Kier alpha value is -0.0800. The molecule has 0 heterocycles. The quantitative estimate of drug-likeness (QED) is 0.475. The van der Waals surface area contributed by atoms with E-state index < -0.39 is 5.60 Å². The predicted octanol–water partition coefficient (Wildman–Crippen LogP) is 0.249. The lowest BCUT2D eigenvalue weighted by atomic mass is 9.68. The lowest BCUT2D eigenvalue weighted by molar-refractivity contribution is -0.0641. The molecule has 0 aromatic heterocycles. The molecule has 0 spiro atoms. The average molecular weight is 115 g/mol. The molecule has 2 nitrogen and oxygen atoms in total. The Morgan fingerprint density at radius 2 is 1.75 bits per heavy atom. The number of nitrogens with two attached hydrogens (primary N) is 1. The molecule has 1 aliphatic carbocycles. The van der Waals surface area contributed by atoms with E-state index in [1.807, 2.05) is 13.8 Å². The van der Waals surface area contributed by atoms with Gasteiger partial charge in [0.1, 0.15) is 0 Å². The molecule has 0 radical (unpaired) electrons. The second kappa shape index (κ2) is 1.25. The average Bonchev–Trinajstić information content (AvgIpc) is 1.20. The van der Waals surface area contributed by atoms with Crippen molar-refractivity contribution < 1.29 is 5.11 Å². The summed E-state index contributed by atoms with van der Waals surface area (Å²) < 4.78 is 0. The van der Waals surface area contributed by atoms with Crippen molar-refractivity contribution >= 4 is 0 Å². The maximum Gasteiger partial charge on any atom is 0.0654 e. The summed E-state index contributed by atoms with van der Waals surface area (Å²) in [7, 11) is 0. The molecule has 0 atom stereocenters. The summed E-state index contributed by atoms with van der Waals surface area (Å²) in [6, 6.07) is 0. The Labute approximate surface area is 49.7 Å². The fraction of sp³-hybridized carbons (Fsp3) is 1.00. The minimum Gasteiger partial charge on any atom is -0.390 e. The minimum absolute atomic E-state index is 0.0938. The normalized spacial score (nSPS) is 55.5. The van der Waals surface area contributed by atoms with Crippen LogP contribution in [0.4, 0.5) is 0 Å². The van der Waals surface area contributed by atoms with Gasteiger partial charge < -0.3 is 10.8 Å². The van der Waals surface area contributed by atoms with E-state index in [0.29, 0.717) is 0 Å². The van der Waals surface area contributed by atoms with Crippen LogP contribution in [0.25, 0.3) is 0 Å². The molecule has 8 heavy (non-hydrogen) atoms. The highest BCUT2D eigenvalue weighted by Crippen LogP contribution is 2.38. The van der Waals surface area contributed by atoms with Gasteiger partial charge in [0.15, 0.2) is 0 Å². The molecular formula is C6H13NO. The first kappa shape index (κ1) is 6.05. The second-order valence-corrected chi connectivity index (χ2v) is 3.50. The molecule has 2 heteroatoms. The minimum atomic E-state index is -0.469. The van der Waals surface area contributed by atoms with Gasteiger partial charge in [0.05, 0.1) is 5.60 Å². The van der Waals surface area contributed by atoms with Crippen LogP contribution in [-0.2, 0) is 0 Å². The molecule has 0 aromatic rings. The number of hydrogen-bond donors (Lipinski definition) is 2. The summed E-state index contributed by atoms with van der Waals surface area (Å²) in [6.07, 6.45) is 1.47. The molecule has 0 bridgehead atoms. The first-order valence-electron chi connectivity index (χ1n) is 2.93. The summed E-state index contributed by atoms with van der Waals surface area (Å²) in [5, 5.41) is 9.17. The lowest BCUT2D eigenvalue weighted by Crippen LogP contribution is -2.58. The first-order valence-corrected chi connectivity index (χ1v) is 2.93. The van der Waals surface area contributed by atoms with Gasteiger partial charge in [0, 0.05) is 5.54 Å². The Balaban J connectivity index is 2.42. The summed E-state index contributed by atoms with van der Waals surface area (Å²) in [4.78, 5) is 0. The van der Waals surface area contributed by atoms with Gasteiger partial charge in [0.2, 0.25) is 0 Å². The molecule has 0 unspecified atom stereocenters. The summed E-state index contributed by atoms with van der Waals surface area (Å²) in [6.45, 7) is 3.78. The van der Waals surface area contributed by atoms with Gasteiger partial charge in [-0.3, -0.25) is 0 Å². The van der Waals surface area contributed by atoms with Crippen molar-refractivity contribution in [2.75, 3.05) is 0 Å². The van der Waals surface area contributed by atoms with E-state index >= 15 is 0 Å². The summed E-state index contributed by atoms with van der Waals surface area (Å²) >= 11 is 0. The van der Waals surface area contributed by atoms with Gasteiger partial charge in [0.25, 0.3) is 0 Å². The van der Waals surface area contributed by atoms with E-state index in [9.17, 15) is 0 Å². The lowest BCUT2D eigenvalue weighted by Gasteiger charge is -2.47. The van der Waals surface area contributed by atoms with Crippen LogP contribution in [-0.4, -0.2) is 16.2 Å². The molecule has 1 fully saturated rings. The third kappa shape index (κ3) is 1.01. The maximum absolute atomic E-state index is 9.17. The molecule has 0 amide bonds. The molecule has 0 aliphatic heterocycles. The fourth-order valence-electron chi connectivity index (χ4n) is 1.69. The van der Waals surface area contributed by atoms with Crippen LogP contribution < -0.4 is 5.73 Å². The van der Waals surface area contributed by atoms with Crippen molar-refractivity contribution in [2.45, 2.75) is 37.8 Å². The van der Waals surface area contributed by atoms with Crippen LogP contribution in [0.1, 0.15) is 26.7 Å². The molecule has 1 saturated carbocycles. The third-order valence-corrected chi connectivity index (χ3v) is 1.57. The third-order valence-electron chi connectivity index (χ3n) is 1.57. The van der Waals surface area contributed by atoms with Crippen LogP contribution in [0, 0.1) is 0 Å². The van der Waals surface area contributed by atoms with E-state index in [0.717, 1.165) is 12.8 Å². The zero-order valence-electron chi connectivity index (χ0n) is 5.44. The van der Waals surface area contributed by atoms with Crippen LogP contribution in [0.5, 0.6) is 0 Å². The highest BCUT2D eigenvalue weighted by atomic mass is 16.3. The smallest absolute Gasteiger partial charge is 0.0654 e. The van der Waals surface area contributed by atoms with Gasteiger partial charge in [-0.2, -0.15) is 0 Å². The SMILES string of the molecule is CC1(N)CC(C)(O)C1. The first-order chi connectivity index (χ1) is 3.41. The van der Waals surface area contributed by atoms with Crippen molar-refractivity contribution in [3.05, 3.63) is 0 Å². The van der Waals surface area contributed by atoms with E-state index in [1.165, 1.54) is 0 Å². The van der Waals surface area contributed by atoms with Crippen LogP contribution in [0.15, 0.2) is 0 Å². The zero-order chi connectivity index (χ0) is 6.41. The van der Waals surface area contributed by atoms with Gasteiger partial charge in [-0.25, -0.2) is 0 Å². The Morgan fingerprint density at radius 1 is 1.38 bits per heavy atom. The Morgan fingerprint density at radius 3 is 1.75 bits per heavy atom. The number of aliphatic hydroxyl groups is 1. The zero-order valence-corrected chi connectivity index (χ0v) is 5.44. The molecule has 1 rings (SSSR count). The van der Waals surface area contributed by atoms with Gasteiger partial charge in [-0.15, -0.1) is 0 Å². The molecule has 48 valence electrons. The monoisotopic (exact) mass is 115 g/mol. The topological polar surface area (TPSA) is 46.2 Å². The molecular weight excluding hydrogens is 102 g/mol. The van der Waals surface area contributed by atoms with Crippen molar-refractivity contribution in [3.8, 4) is 0 Å².